The molecule has 116 valence electrons. The van der Waals surface area contributed by atoms with Gasteiger partial charge in [-0.2, -0.15) is 11.8 Å². The van der Waals surface area contributed by atoms with Crippen molar-refractivity contribution in [2.75, 3.05) is 25.1 Å². The van der Waals surface area contributed by atoms with Gasteiger partial charge in [-0.1, -0.05) is 6.92 Å². The van der Waals surface area contributed by atoms with Crippen molar-refractivity contribution in [1.29, 1.82) is 0 Å². The number of thiophene rings is 1. The Balaban J connectivity index is 2.74. The van der Waals surface area contributed by atoms with Gasteiger partial charge < -0.3 is 5.32 Å². The van der Waals surface area contributed by atoms with Crippen molar-refractivity contribution in [2.45, 2.75) is 38.1 Å². The van der Waals surface area contributed by atoms with Crippen molar-refractivity contribution in [3.05, 3.63) is 15.8 Å². The summed E-state index contributed by atoms with van der Waals surface area (Å²) in [5.74, 6) is 0.968. The highest BCUT2D eigenvalue weighted by molar-refractivity contribution is 7.98. The maximum absolute atomic E-state index is 12.4. The summed E-state index contributed by atoms with van der Waals surface area (Å²) in [5, 5.41) is 5.18. The summed E-state index contributed by atoms with van der Waals surface area (Å²) in [4.78, 5) is 1.36. The highest BCUT2D eigenvalue weighted by Crippen LogP contribution is 2.26. The maximum Gasteiger partial charge on any atom is 0.241 e. The first-order valence-electron chi connectivity index (χ1n) is 6.79. The summed E-state index contributed by atoms with van der Waals surface area (Å²) in [6.07, 6.45) is 3.92. The van der Waals surface area contributed by atoms with Gasteiger partial charge in [-0.25, -0.2) is 13.1 Å². The third kappa shape index (κ3) is 5.37. The Bertz CT molecular complexity index is 498. The van der Waals surface area contributed by atoms with E-state index in [-0.39, 0.29) is 0 Å². The molecule has 1 heterocycles. The topological polar surface area (TPSA) is 58.2 Å². The van der Waals surface area contributed by atoms with Crippen LogP contribution in [-0.2, 0) is 16.6 Å². The van der Waals surface area contributed by atoms with Gasteiger partial charge in [-0.3, -0.25) is 0 Å². The second-order valence-corrected chi connectivity index (χ2v) is 8.25. The van der Waals surface area contributed by atoms with Crippen molar-refractivity contribution < 1.29 is 8.42 Å². The van der Waals surface area contributed by atoms with Crippen LogP contribution in [0.4, 0.5) is 0 Å². The van der Waals surface area contributed by atoms with Gasteiger partial charge in [-0.15, -0.1) is 11.3 Å². The molecule has 2 N–H and O–H groups in total. The van der Waals surface area contributed by atoms with Gasteiger partial charge in [0.25, 0.3) is 0 Å². The first-order chi connectivity index (χ1) is 9.53. The van der Waals surface area contributed by atoms with Crippen LogP contribution in [0.15, 0.2) is 10.3 Å². The van der Waals surface area contributed by atoms with Gasteiger partial charge in [0, 0.05) is 18.0 Å². The monoisotopic (exact) mass is 336 g/mol. The molecule has 1 aromatic rings. The minimum absolute atomic E-state index is 0.468. The number of hydrogen-bond donors (Lipinski definition) is 2. The highest BCUT2D eigenvalue weighted by atomic mass is 32.2. The zero-order valence-corrected chi connectivity index (χ0v) is 14.8. The molecule has 0 radical (unpaired) electrons. The Morgan fingerprint density at radius 3 is 2.75 bits per heavy atom. The molecular weight excluding hydrogens is 312 g/mol. The minimum atomic E-state index is -3.38. The van der Waals surface area contributed by atoms with Crippen molar-refractivity contribution in [3.63, 3.8) is 0 Å². The molecule has 4 nitrogen and oxygen atoms in total. The van der Waals surface area contributed by atoms with E-state index in [1.165, 1.54) is 11.3 Å². The summed E-state index contributed by atoms with van der Waals surface area (Å²) in [7, 11) is -3.38. The van der Waals surface area contributed by atoms with E-state index < -0.39 is 10.0 Å². The van der Waals surface area contributed by atoms with Crippen molar-refractivity contribution >= 4 is 33.1 Å². The lowest BCUT2D eigenvalue weighted by atomic mass is 10.3. The standard InChI is InChI=1S/C13H24N2O2S3/c1-4-6-14-9-12-13(11(2)10-19-12)20(16,17)15-7-5-8-18-3/h10,14-15H,4-9H2,1-3H3. The first-order valence-corrected chi connectivity index (χ1v) is 10.5. The fourth-order valence-electron chi connectivity index (χ4n) is 1.84. The zero-order valence-electron chi connectivity index (χ0n) is 12.4. The molecule has 0 saturated heterocycles. The molecule has 1 rings (SSSR count). The molecule has 7 heteroatoms. The number of hydrogen-bond acceptors (Lipinski definition) is 5. The van der Waals surface area contributed by atoms with Crippen LogP contribution in [0.1, 0.15) is 30.2 Å². The van der Waals surface area contributed by atoms with Crippen molar-refractivity contribution in [2.24, 2.45) is 0 Å². The van der Waals surface area contributed by atoms with E-state index in [2.05, 4.69) is 17.0 Å². The minimum Gasteiger partial charge on any atom is -0.312 e. The fourth-order valence-corrected chi connectivity index (χ4v) is 5.13. The Labute approximate surface area is 130 Å². The molecule has 0 unspecified atom stereocenters. The first kappa shape index (κ1) is 18.0. The number of rotatable bonds is 10. The molecule has 0 aliphatic rings. The van der Waals surface area contributed by atoms with E-state index in [0.29, 0.717) is 18.0 Å². The van der Waals surface area contributed by atoms with Crippen LogP contribution in [0.2, 0.25) is 0 Å². The Hall–Kier alpha value is -0.0800. The summed E-state index contributed by atoms with van der Waals surface area (Å²) >= 11 is 3.24. The Morgan fingerprint density at radius 1 is 1.35 bits per heavy atom. The van der Waals surface area contributed by atoms with Gasteiger partial charge in [0.1, 0.15) is 4.90 Å². The molecule has 0 aliphatic heterocycles. The summed E-state index contributed by atoms with van der Waals surface area (Å²) in [6.45, 7) is 5.97. The van der Waals surface area contributed by atoms with Crippen molar-refractivity contribution in [1.82, 2.24) is 10.0 Å². The van der Waals surface area contributed by atoms with Crippen LogP contribution >= 0.6 is 23.1 Å². The number of thioether (sulfide) groups is 1. The second-order valence-electron chi connectivity index (χ2n) is 4.59. The lowest BCUT2D eigenvalue weighted by Crippen LogP contribution is -2.27. The number of aryl methyl sites for hydroxylation is 1. The fraction of sp³-hybridized carbons (Fsp3) is 0.692. The van der Waals surface area contributed by atoms with Crippen LogP contribution < -0.4 is 10.0 Å². The van der Waals surface area contributed by atoms with Crippen LogP contribution in [0, 0.1) is 6.92 Å². The molecule has 0 atom stereocenters. The lowest BCUT2D eigenvalue weighted by Gasteiger charge is -2.09. The molecule has 0 aliphatic carbocycles. The van der Waals surface area contributed by atoms with Gasteiger partial charge in [0.2, 0.25) is 10.0 Å². The molecule has 0 bridgehead atoms. The van der Waals surface area contributed by atoms with Gasteiger partial charge in [0.15, 0.2) is 0 Å². The molecular formula is C13H24N2O2S3. The summed E-state index contributed by atoms with van der Waals surface area (Å²) in [5.41, 5.74) is 0.834. The molecule has 0 aromatic carbocycles. The SMILES string of the molecule is CCCNCc1scc(C)c1S(=O)(=O)NCCCSC. The summed E-state index contributed by atoms with van der Waals surface area (Å²) < 4.78 is 27.5. The van der Waals surface area contributed by atoms with Crippen LogP contribution in [-0.4, -0.2) is 33.5 Å². The second kappa shape index (κ2) is 9.04. The number of nitrogens with one attached hydrogen (secondary N) is 2. The third-order valence-electron chi connectivity index (χ3n) is 2.79. The van der Waals surface area contributed by atoms with Gasteiger partial charge >= 0.3 is 0 Å². The van der Waals surface area contributed by atoms with Gasteiger partial charge in [0.05, 0.1) is 0 Å². The lowest BCUT2D eigenvalue weighted by molar-refractivity contribution is 0.578. The van der Waals surface area contributed by atoms with Crippen LogP contribution in [0.25, 0.3) is 0 Å². The quantitative estimate of drug-likeness (QED) is 0.645. The highest BCUT2D eigenvalue weighted by Gasteiger charge is 2.22. The normalized spacial score (nSPS) is 11.9. The van der Waals surface area contributed by atoms with E-state index >= 15 is 0 Å². The van der Waals surface area contributed by atoms with E-state index in [9.17, 15) is 8.42 Å². The summed E-state index contributed by atoms with van der Waals surface area (Å²) in [6, 6.07) is 0. The molecule has 1 aromatic heterocycles. The molecule has 0 amide bonds. The Kier molecular flexibility index (Phi) is 8.13. The average molecular weight is 337 g/mol. The largest absolute Gasteiger partial charge is 0.312 e. The van der Waals surface area contributed by atoms with Crippen LogP contribution in [0.5, 0.6) is 0 Å². The smallest absolute Gasteiger partial charge is 0.241 e. The maximum atomic E-state index is 12.4. The van der Waals surface area contributed by atoms with E-state index in [0.717, 1.165) is 35.6 Å². The zero-order chi connectivity index (χ0) is 15.0. The van der Waals surface area contributed by atoms with E-state index in [4.69, 9.17) is 0 Å². The Morgan fingerprint density at radius 2 is 2.10 bits per heavy atom. The molecule has 0 saturated carbocycles. The van der Waals surface area contributed by atoms with Gasteiger partial charge in [-0.05, 0) is 49.3 Å². The molecule has 0 fully saturated rings. The molecule has 20 heavy (non-hydrogen) atoms. The third-order valence-corrected chi connectivity index (χ3v) is 6.41. The number of sulfonamides is 1. The van der Waals surface area contributed by atoms with Crippen molar-refractivity contribution in [3.8, 4) is 0 Å². The van der Waals surface area contributed by atoms with E-state index in [1.807, 2.05) is 18.6 Å². The predicted molar refractivity (Wildman–Crippen MR) is 89.2 cm³/mol. The van der Waals surface area contributed by atoms with E-state index in [1.54, 1.807) is 11.8 Å². The molecule has 0 spiro atoms. The predicted octanol–water partition coefficient (Wildman–Crippen LogP) is 2.59. The average Bonchev–Trinajstić information content (AvgIpc) is 2.77. The van der Waals surface area contributed by atoms with Crippen LogP contribution in [0.3, 0.4) is 0 Å².